The molecule has 0 bridgehead atoms. The quantitative estimate of drug-likeness (QED) is 0.406. The lowest BCUT2D eigenvalue weighted by atomic mass is 9.87. The molecule has 1 amide bonds. The summed E-state index contributed by atoms with van der Waals surface area (Å²) in [5.74, 6) is 0.609. The summed E-state index contributed by atoms with van der Waals surface area (Å²) in [5, 5.41) is 6.74. The van der Waals surface area contributed by atoms with Gasteiger partial charge >= 0.3 is 0 Å². The van der Waals surface area contributed by atoms with Crippen LogP contribution < -0.4 is 16.4 Å². The standard InChI is InChI=1S/C22H23N7O/c1-22(2,3)15-12-25-19-17(15)18(23)28-20(29-19)21(30)27-14-9-7-13(8-10-14)26-16-6-4-5-11-24-16/h4-12H,1-3H3,(H,24,26)(H,27,30)(H3,23,25,28,29). The predicted molar refractivity (Wildman–Crippen MR) is 119 cm³/mol. The molecule has 0 fully saturated rings. The number of fused-ring (bicyclic) bond motifs is 1. The zero-order chi connectivity index (χ0) is 21.3. The number of carbonyl (C=O) groups is 1. The van der Waals surface area contributed by atoms with Crippen LogP contribution in [0.2, 0.25) is 0 Å². The fourth-order valence-corrected chi connectivity index (χ4v) is 3.16. The number of carbonyl (C=O) groups excluding carboxylic acids is 1. The first-order valence-electron chi connectivity index (χ1n) is 9.56. The van der Waals surface area contributed by atoms with Crippen molar-refractivity contribution in [3.63, 3.8) is 0 Å². The third-order valence-corrected chi connectivity index (χ3v) is 4.65. The van der Waals surface area contributed by atoms with E-state index in [9.17, 15) is 4.79 Å². The number of hydrogen-bond acceptors (Lipinski definition) is 6. The van der Waals surface area contributed by atoms with Gasteiger partial charge in [-0.3, -0.25) is 4.79 Å². The average molecular weight is 401 g/mol. The molecule has 4 rings (SSSR count). The van der Waals surface area contributed by atoms with Gasteiger partial charge in [-0.1, -0.05) is 26.8 Å². The number of hydrogen-bond donors (Lipinski definition) is 4. The molecule has 3 heterocycles. The number of nitrogens with one attached hydrogen (secondary N) is 3. The Balaban J connectivity index is 1.52. The van der Waals surface area contributed by atoms with Crippen molar-refractivity contribution in [1.29, 1.82) is 0 Å². The van der Waals surface area contributed by atoms with Gasteiger partial charge in [0.1, 0.15) is 17.3 Å². The maximum absolute atomic E-state index is 12.7. The molecule has 152 valence electrons. The summed E-state index contributed by atoms with van der Waals surface area (Å²) in [7, 11) is 0. The molecule has 0 saturated heterocycles. The molecular weight excluding hydrogens is 378 g/mol. The summed E-state index contributed by atoms with van der Waals surface area (Å²) < 4.78 is 0. The zero-order valence-electron chi connectivity index (χ0n) is 17.0. The van der Waals surface area contributed by atoms with Crippen LogP contribution in [0.4, 0.5) is 23.0 Å². The topological polar surface area (TPSA) is 122 Å². The van der Waals surface area contributed by atoms with Crippen molar-refractivity contribution in [2.45, 2.75) is 26.2 Å². The number of H-pyrrole nitrogens is 1. The molecule has 0 spiro atoms. The van der Waals surface area contributed by atoms with E-state index >= 15 is 0 Å². The van der Waals surface area contributed by atoms with Crippen LogP contribution >= 0.6 is 0 Å². The molecule has 0 radical (unpaired) electrons. The van der Waals surface area contributed by atoms with Crippen LogP contribution in [-0.4, -0.2) is 25.8 Å². The molecule has 4 aromatic rings. The van der Waals surface area contributed by atoms with Gasteiger partial charge in [0.2, 0.25) is 5.82 Å². The number of rotatable bonds is 4. The third kappa shape index (κ3) is 3.93. The molecule has 1 aromatic carbocycles. The van der Waals surface area contributed by atoms with E-state index in [1.165, 1.54) is 0 Å². The molecule has 8 nitrogen and oxygen atoms in total. The Bertz CT molecular complexity index is 1190. The predicted octanol–water partition coefficient (Wildman–Crippen LogP) is 4.23. The van der Waals surface area contributed by atoms with Gasteiger partial charge in [0.05, 0.1) is 5.39 Å². The van der Waals surface area contributed by atoms with Crippen molar-refractivity contribution in [3.8, 4) is 0 Å². The Labute approximate surface area is 174 Å². The second kappa shape index (κ2) is 7.47. The molecule has 0 unspecified atom stereocenters. The summed E-state index contributed by atoms with van der Waals surface area (Å²) in [5.41, 5.74) is 9.08. The highest BCUT2D eigenvalue weighted by molar-refractivity contribution is 6.04. The molecular formula is C22H23N7O. The Hall–Kier alpha value is -3.94. The first kappa shape index (κ1) is 19.4. The highest BCUT2D eigenvalue weighted by Gasteiger charge is 2.23. The van der Waals surface area contributed by atoms with Crippen LogP contribution in [0.1, 0.15) is 37.0 Å². The van der Waals surface area contributed by atoms with Crippen molar-refractivity contribution < 1.29 is 4.79 Å². The second-order valence-electron chi connectivity index (χ2n) is 7.98. The highest BCUT2D eigenvalue weighted by Crippen LogP contribution is 2.32. The van der Waals surface area contributed by atoms with E-state index < -0.39 is 5.91 Å². The van der Waals surface area contributed by atoms with Crippen LogP contribution in [0.15, 0.2) is 54.9 Å². The van der Waals surface area contributed by atoms with E-state index in [1.54, 1.807) is 18.3 Å². The van der Waals surface area contributed by atoms with Gasteiger partial charge < -0.3 is 21.4 Å². The molecule has 0 aliphatic carbocycles. The summed E-state index contributed by atoms with van der Waals surface area (Å²) in [6.07, 6.45) is 3.58. The fraction of sp³-hybridized carbons (Fsp3) is 0.182. The van der Waals surface area contributed by atoms with E-state index in [-0.39, 0.29) is 17.1 Å². The highest BCUT2D eigenvalue weighted by atomic mass is 16.2. The van der Waals surface area contributed by atoms with Crippen LogP contribution in [-0.2, 0) is 5.41 Å². The average Bonchev–Trinajstić information content (AvgIpc) is 3.15. The lowest BCUT2D eigenvalue weighted by molar-refractivity contribution is 0.101. The number of aromatic nitrogens is 4. The first-order valence-corrected chi connectivity index (χ1v) is 9.56. The van der Waals surface area contributed by atoms with E-state index in [0.717, 1.165) is 22.5 Å². The van der Waals surface area contributed by atoms with Gasteiger partial charge in [0.15, 0.2) is 0 Å². The van der Waals surface area contributed by atoms with Crippen molar-refractivity contribution in [2.24, 2.45) is 0 Å². The Kier molecular flexibility index (Phi) is 4.83. The lowest BCUT2D eigenvalue weighted by Crippen LogP contribution is -2.17. The van der Waals surface area contributed by atoms with E-state index in [4.69, 9.17) is 5.73 Å². The minimum Gasteiger partial charge on any atom is -0.383 e. The van der Waals surface area contributed by atoms with Crippen molar-refractivity contribution in [3.05, 3.63) is 66.2 Å². The molecule has 3 aromatic heterocycles. The van der Waals surface area contributed by atoms with Crippen LogP contribution in [0.3, 0.4) is 0 Å². The van der Waals surface area contributed by atoms with Crippen LogP contribution in [0, 0.1) is 0 Å². The number of aromatic amines is 1. The van der Waals surface area contributed by atoms with Crippen LogP contribution in [0.25, 0.3) is 11.0 Å². The zero-order valence-corrected chi connectivity index (χ0v) is 17.0. The van der Waals surface area contributed by atoms with Gasteiger partial charge in [-0.05, 0) is 47.4 Å². The Morgan fingerprint density at radius 2 is 1.77 bits per heavy atom. The normalized spacial score (nSPS) is 11.4. The molecule has 0 aliphatic heterocycles. The number of nitrogens with two attached hydrogens (primary N) is 1. The number of anilines is 4. The van der Waals surface area contributed by atoms with Gasteiger partial charge in [-0.15, -0.1) is 0 Å². The summed E-state index contributed by atoms with van der Waals surface area (Å²) in [4.78, 5) is 28.6. The molecule has 0 aliphatic rings. The number of amides is 1. The maximum atomic E-state index is 12.7. The number of nitrogens with zero attached hydrogens (tertiary/aromatic N) is 3. The number of benzene rings is 1. The molecule has 30 heavy (non-hydrogen) atoms. The molecule has 0 atom stereocenters. The largest absolute Gasteiger partial charge is 0.383 e. The molecule has 5 N–H and O–H groups in total. The molecule has 8 heteroatoms. The van der Waals surface area contributed by atoms with Crippen molar-refractivity contribution in [1.82, 2.24) is 19.9 Å². The van der Waals surface area contributed by atoms with Crippen LogP contribution in [0.5, 0.6) is 0 Å². The van der Waals surface area contributed by atoms with E-state index in [2.05, 4.69) is 51.3 Å². The number of nitrogen functional groups attached to an aromatic ring is 1. The first-order chi connectivity index (χ1) is 14.3. The van der Waals surface area contributed by atoms with Gasteiger partial charge in [0, 0.05) is 23.8 Å². The third-order valence-electron chi connectivity index (χ3n) is 4.65. The van der Waals surface area contributed by atoms with E-state index in [0.29, 0.717) is 11.3 Å². The fourth-order valence-electron chi connectivity index (χ4n) is 3.16. The lowest BCUT2D eigenvalue weighted by Gasteiger charge is -2.17. The van der Waals surface area contributed by atoms with E-state index in [1.807, 2.05) is 36.5 Å². The Morgan fingerprint density at radius 1 is 1.03 bits per heavy atom. The smallest absolute Gasteiger partial charge is 0.293 e. The van der Waals surface area contributed by atoms with Crippen molar-refractivity contribution in [2.75, 3.05) is 16.4 Å². The SMILES string of the molecule is CC(C)(C)c1c[nH]c2nc(C(=O)Nc3ccc(Nc4ccccn4)cc3)nc(N)c12. The van der Waals surface area contributed by atoms with Crippen molar-refractivity contribution >= 4 is 40.0 Å². The summed E-state index contributed by atoms with van der Waals surface area (Å²) in [6, 6.07) is 12.9. The Morgan fingerprint density at radius 3 is 2.43 bits per heavy atom. The molecule has 0 saturated carbocycles. The van der Waals surface area contributed by atoms with Gasteiger partial charge in [-0.25, -0.2) is 15.0 Å². The summed E-state index contributed by atoms with van der Waals surface area (Å²) >= 11 is 0. The summed E-state index contributed by atoms with van der Waals surface area (Å²) in [6.45, 7) is 6.26. The minimum atomic E-state index is -0.430. The van der Waals surface area contributed by atoms with Gasteiger partial charge in [-0.2, -0.15) is 0 Å². The maximum Gasteiger partial charge on any atom is 0.293 e. The second-order valence-corrected chi connectivity index (χ2v) is 7.98. The van der Waals surface area contributed by atoms with Gasteiger partial charge in [0.25, 0.3) is 5.91 Å². The number of pyridine rings is 1. The minimum absolute atomic E-state index is 0.0120. The monoisotopic (exact) mass is 401 g/mol.